The van der Waals surface area contributed by atoms with Gasteiger partial charge in [0.25, 0.3) is 0 Å². The molecule has 1 aromatic carbocycles. The van der Waals surface area contributed by atoms with Crippen LogP contribution in [-0.4, -0.2) is 35.3 Å². The van der Waals surface area contributed by atoms with Crippen LogP contribution >= 0.6 is 35.6 Å². The Morgan fingerprint density at radius 3 is 1.65 bits per heavy atom. The van der Waals surface area contributed by atoms with E-state index < -0.39 is 0 Å². The predicted octanol–water partition coefficient (Wildman–Crippen LogP) is 2.86. The molecule has 0 unspecified atom stereocenters. The molecule has 3 nitrogen and oxygen atoms in total. The van der Waals surface area contributed by atoms with Gasteiger partial charge in [0.05, 0.1) is 10.0 Å². The van der Waals surface area contributed by atoms with E-state index in [1.54, 1.807) is 0 Å². The molecule has 1 heterocycles. The molecule has 1 aromatic rings. The number of aromatic hydroxyl groups is 2. The number of fused-ring (bicyclic) bond motifs is 1. The molecule has 0 fully saturated rings. The summed E-state index contributed by atoms with van der Waals surface area (Å²) in [6, 6.07) is 0. The maximum Gasteiger partial charge on any atom is 0.178 e. The molecule has 0 amide bonds. The lowest BCUT2D eigenvalue weighted by Crippen LogP contribution is -2.20. The first kappa shape index (κ1) is 14.7. The zero-order chi connectivity index (χ0) is 11.9. The fraction of sp³-hybridized carbons (Fsp3) is 0.455. The highest BCUT2D eigenvalue weighted by atomic mass is 35.5. The Morgan fingerprint density at radius 2 is 1.29 bits per heavy atom. The predicted molar refractivity (Wildman–Crippen MR) is 71.9 cm³/mol. The number of hydrogen-bond donors (Lipinski definition) is 2. The highest BCUT2D eigenvalue weighted by Crippen LogP contribution is 2.45. The summed E-state index contributed by atoms with van der Waals surface area (Å²) in [5.74, 6) is -0.620. The van der Waals surface area contributed by atoms with Gasteiger partial charge < -0.3 is 15.1 Å². The van der Waals surface area contributed by atoms with Crippen molar-refractivity contribution in [3.8, 4) is 11.5 Å². The van der Waals surface area contributed by atoms with E-state index >= 15 is 0 Å². The summed E-state index contributed by atoms with van der Waals surface area (Å²) in [6.45, 7) is 1.74. The molecule has 0 saturated carbocycles. The summed E-state index contributed by atoms with van der Waals surface area (Å²) >= 11 is 12.0. The van der Waals surface area contributed by atoms with Crippen LogP contribution in [0.3, 0.4) is 0 Å². The van der Waals surface area contributed by atoms with Crippen LogP contribution in [0.4, 0.5) is 0 Å². The highest BCUT2D eigenvalue weighted by molar-refractivity contribution is 6.36. The van der Waals surface area contributed by atoms with E-state index in [1.807, 2.05) is 7.05 Å². The third-order valence-electron chi connectivity index (χ3n) is 3.02. The van der Waals surface area contributed by atoms with Crippen LogP contribution in [0.5, 0.6) is 11.5 Å². The van der Waals surface area contributed by atoms with Crippen LogP contribution in [0.2, 0.25) is 10.0 Å². The van der Waals surface area contributed by atoms with E-state index in [0.717, 1.165) is 37.1 Å². The van der Waals surface area contributed by atoms with Crippen molar-refractivity contribution in [1.82, 2.24) is 4.90 Å². The second-order valence-corrected chi connectivity index (χ2v) is 4.84. The first-order valence-corrected chi connectivity index (χ1v) is 5.87. The van der Waals surface area contributed by atoms with E-state index in [1.165, 1.54) is 0 Å². The third-order valence-corrected chi connectivity index (χ3v) is 3.84. The SMILES string of the molecule is CN1CCc2c(Cl)c(O)c(O)c(Cl)c2CC1.Cl. The van der Waals surface area contributed by atoms with E-state index in [0.29, 0.717) is 0 Å². The van der Waals surface area contributed by atoms with Crippen molar-refractivity contribution in [2.45, 2.75) is 12.8 Å². The van der Waals surface area contributed by atoms with E-state index in [2.05, 4.69) is 4.90 Å². The van der Waals surface area contributed by atoms with Gasteiger partial charge >= 0.3 is 0 Å². The topological polar surface area (TPSA) is 43.7 Å². The Hall–Kier alpha value is -0.350. The summed E-state index contributed by atoms with van der Waals surface area (Å²) < 4.78 is 0. The van der Waals surface area contributed by atoms with Crippen LogP contribution < -0.4 is 0 Å². The molecular formula is C11H14Cl3NO2. The number of benzene rings is 1. The summed E-state index contributed by atoms with van der Waals surface area (Å²) in [6.07, 6.45) is 1.47. The molecular weight excluding hydrogens is 284 g/mol. The number of likely N-dealkylation sites (N-methyl/N-ethyl adjacent to an activating group) is 1. The molecule has 6 heteroatoms. The van der Waals surface area contributed by atoms with Crippen LogP contribution in [0.15, 0.2) is 0 Å². The lowest BCUT2D eigenvalue weighted by Gasteiger charge is -2.13. The quantitative estimate of drug-likeness (QED) is 0.724. The van der Waals surface area contributed by atoms with E-state index in [9.17, 15) is 10.2 Å². The molecule has 0 aliphatic carbocycles. The fourth-order valence-electron chi connectivity index (χ4n) is 2.00. The minimum Gasteiger partial charge on any atom is -0.503 e. The molecule has 17 heavy (non-hydrogen) atoms. The minimum absolute atomic E-state index is 0. The minimum atomic E-state index is -0.310. The van der Waals surface area contributed by atoms with Gasteiger partial charge in [-0.05, 0) is 31.0 Å². The van der Waals surface area contributed by atoms with Gasteiger partial charge in [-0.1, -0.05) is 23.2 Å². The lowest BCUT2D eigenvalue weighted by atomic mass is 10.0. The van der Waals surface area contributed by atoms with Gasteiger partial charge in [0.15, 0.2) is 11.5 Å². The second-order valence-electron chi connectivity index (χ2n) is 4.09. The normalized spacial score (nSPS) is 15.9. The zero-order valence-electron chi connectivity index (χ0n) is 9.33. The van der Waals surface area contributed by atoms with Crippen LogP contribution in [0.25, 0.3) is 0 Å². The molecule has 0 bridgehead atoms. The monoisotopic (exact) mass is 297 g/mol. The van der Waals surface area contributed by atoms with Gasteiger partial charge in [0, 0.05) is 13.1 Å². The van der Waals surface area contributed by atoms with Crippen molar-refractivity contribution in [3.05, 3.63) is 21.2 Å². The summed E-state index contributed by atoms with van der Waals surface area (Å²) in [5, 5.41) is 19.7. The smallest absolute Gasteiger partial charge is 0.178 e. The molecule has 2 rings (SSSR count). The Balaban J connectivity index is 0.00000144. The van der Waals surface area contributed by atoms with Gasteiger partial charge in [-0.3, -0.25) is 0 Å². The van der Waals surface area contributed by atoms with Crippen molar-refractivity contribution in [2.24, 2.45) is 0 Å². The largest absolute Gasteiger partial charge is 0.503 e. The Morgan fingerprint density at radius 1 is 0.941 bits per heavy atom. The Labute approximate surface area is 116 Å². The molecule has 0 spiro atoms. The van der Waals surface area contributed by atoms with Gasteiger partial charge in [-0.25, -0.2) is 0 Å². The molecule has 0 aromatic heterocycles. The van der Waals surface area contributed by atoms with Crippen molar-refractivity contribution in [1.29, 1.82) is 0 Å². The Kier molecular flexibility index (Phi) is 4.78. The molecule has 0 atom stereocenters. The first-order chi connectivity index (χ1) is 7.52. The number of nitrogens with zero attached hydrogens (tertiary/aromatic N) is 1. The maximum atomic E-state index is 9.62. The second kappa shape index (κ2) is 5.53. The third kappa shape index (κ3) is 2.58. The molecule has 2 N–H and O–H groups in total. The zero-order valence-corrected chi connectivity index (χ0v) is 11.7. The number of rotatable bonds is 0. The molecule has 1 aliphatic rings. The van der Waals surface area contributed by atoms with Crippen LogP contribution in [-0.2, 0) is 12.8 Å². The van der Waals surface area contributed by atoms with E-state index in [4.69, 9.17) is 23.2 Å². The van der Waals surface area contributed by atoms with Crippen LogP contribution in [0, 0.1) is 0 Å². The van der Waals surface area contributed by atoms with Crippen molar-refractivity contribution in [2.75, 3.05) is 20.1 Å². The average molecular weight is 299 g/mol. The maximum absolute atomic E-state index is 9.62. The van der Waals surface area contributed by atoms with Crippen molar-refractivity contribution in [3.63, 3.8) is 0 Å². The Bertz CT molecular complexity index is 398. The number of hydrogen-bond acceptors (Lipinski definition) is 3. The summed E-state index contributed by atoms with van der Waals surface area (Å²) in [4.78, 5) is 2.17. The van der Waals surface area contributed by atoms with Gasteiger partial charge in [-0.2, -0.15) is 0 Å². The lowest BCUT2D eigenvalue weighted by molar-refractivity contribution is 0.352. The van der Waals surface area contributed by atoms with Gasteiger partial charge in [0.2, 0.25) is 0 Å². The van der Waals surface area contributed by atoms with Crippen molar-refractivity contribution >= 4 is 35.6 Å². The van der Waals surface area contributed by atoms with E-state index in [-0.39, 0.29) is 34.0 Å². The fourth-order valence-corrected chi connectivity index (χ4v) is 2.59. The number of phenolic OH excluding ortho intramolecular Hbond substituents is 2. The molecule has 1 aliphatic heterocycles. The molecule has 0 radical (unpaired) electrons. The summed E-state index contributed by atoms with van der Waals surface area (Å²) in [7, 11) is 2.02. The first-order valence-electron chi connectivity index (χ1n) is 5.11. The van der Waals surface area contributed by atoms with Gasteiger partial charge in [0.1, 0.15) is 0 Å². The average Bonchev–Trinajstić information content (AvgIpc) is 2.46. The van der Waals surface area contributed by atoms with Crippen molar-refractivity contribution < 1.29 is 10.2 Å². The number of phenols is 2. The standard InChI is InChI=1S/C11H13Cl2NO2.ClH/c1-14-4-2-6-7(3-5-14)9(13)11(16)10(15)8(6)12;/h15-16H,2-5H2,1H3;1H. The highest BCUT2D eigenvalue weighted by Gasteiger charge is 2.23. The molecule has 96 valence electrons. The van der Waals surface area contributed by atoms with Gasteiger partial charge in [-0.15, -0.1) is 12.4 Å². The summed E-state index contributed by atoms with van der Waals surface area (Å²) in [5.41, 5.74) is 1.71. The van der Waals surface area contributed by atoms with Crippen LogP contribution in [0.1, 0.15) is 11.1 Å². The number of halogens is 3. The molecule has 0 saturated heterocycles.